The van der Waals surface area contributed by atoms with Gasteiger partial charge in [-0.3, -0.25) is 9.78 Å². The van der Waals surface area contributed by atoms with Crippen LogP contribution in [-0.2, 0) is 11.3 Å². The van der Waals surface area contributed by atoms with E-state index in [9.17, 15) is 9.59 Å². The van der Waals surface area contributed by atoms with E-state index in [1.54, 1.807) is 26.8 Å². The molecule has 0 bridgehead atoms. The van der Waals surface area contributed by atoms with Crippen LogP contribution < -0.4 is 11.1 Å². The molecule has 98 valence electrons. The Labute approximate surface area is 106 Å². The molecule has 0 radical (unpaired) electrons. The maximum Gasteiger partial charge on any atom is 0.407 e. The van der Waals surface area contributed by atoms with Gasteiger partial charge in [-0.05, 0) is 32.4 Å². The van der Waals surface area contributed by atoms with E-state index in [2.05, 4.69) is 10.3 Å². The van der Waals surface area contributed by atoms with Crippen LogP contribution in [0.15, 0.2) is 18.3 Å². The van der Waals surface area contributed by atoms with Crippen molar-refractivity contribution in [3.05, 3.63) is 29.6 Å². The summed E-state index contributed by atoms with van der Waals surface area (Å²) < 4.78 is 5.08. The van der Waals surface area contributed by atoms with Gasteiger partial charge in [0.2, 0.25) is 0 Å². The summed E-state index contributed by atoms with van der Waals surface area (Å²) in [6.07, 6.45) is 0.985. The van der Waals surface area contributed by atoms with Crippen LogP contribution in [0.4, 0.5) is 4.79 Å². The molecule has 6 nitrogen and oxygen atoms in total. The van der Waals surface area contributed by atoms with Gasteiger partial charge < -0.3 is 15.8 Å². The van der Waals surface area contributed by atoms with Gasteiger partial charge in [-0.2, -0.15) is 0 Å². The van der Waals surface area contributed by atoms with Crippen molar-refractivity contribution in [3.63, 3.8) is 0 Å². The van der Waals surface area contributed by atoms with Crippen molar-refractivity contribution >= 4 is 12.0 Å². The second-order valence-electron chi connectivity index (χ2n) is 4.77. The van der Waals surface area contributed by atoms with Crippen molar-refractivity contribution < 1.29 is 14.3 Å². The monoisotopic (exact) mass is 251 g/mol. The zero-order chi connectivity index (χ0) is 13.8. The first-order valence-corrected chi connectivity index (χ1v) is 5.49. The van der Waals surface area contributed by atoms with Crippen molar-refractivity contribution in [2.45, 2.75) is 32.9 Å². The molecule has 0 aliphatic rings. The number of carbonyl (C=O) groups is 2. The molecule has 0 spiro atoms. The number of ether oxygens (including phenoxy) is 1. The van der Waals surface area contributed by atoms with Gasteiger partial charge in [0.15, 0.2) is 0 Å². The van der Waals surface area contributed by atoms with E-state index in [0.717, 1.165) is 5.56 Å². The Hall–Kier alpha value is -2.11. The zero-order valence-corrected chi connectivity index (χ0v) is 10.7. The molecular weight excluding hydrogens is 234 g/mol. The number of primary amides is 1. The van der Waals surface area contributed by atoms with Crippen molar-refractivity contribution in [2.24, 2.45) is 5.73 Å². The van der Waals surface area contributed by atoms with Gasteiger partial charge in [0, 0.05) is 12.7 Å². The lowest BCUT2D eigenvalue weighted by atomic mass is 10.2. The predicted octanol–water partition coefficient (Wildman–Crippen LogP) is 1.21. The highest BCUT2D eigenvalue weighted by Crippen LogP contribution is 2.07. The number of carbonyl (C=O) groups excluding carboxylic acids is 2. The first-order valence-electron chi connectivity index (χ1n) is 5.49. The van der Waals surface area contributed by atoms with Gasteiger partial charge in [0.05, 0.1) is 0 Å². The molecule has 2 amide bonds. The first-order chi connectivity index (χ1) is 8.28. The third-order valence-electron chi connectivity index (χ3n) is 1.91. The standard InChI is InChI=1S/C12H17N3O3/c1-12(2,3)18-11(17)15-7-8-4-5-9(10(13)16)14-6-8/h4-6H,7H2,1-3H3,(H2,13,16)(H,15,17). The number of amides is 2. The summed E-state index contributed by atoms with van der Waals surface area (Å²) in [5.41, 5.74) is 5.48. The van der Waals surface area contributed by atoms with E-state index in [-0.39, 0.29) is 12.2 Å². The minimum Gasteiger partial charge on any atom is -0.444 e. The Balaban J connectivity index is 2.49. The molecule has 6 heteroatoms. The molecule has 0 aliphatic carbocycles. The fourth-order valence-corrected chi connectivity index (χ4v) is 1.16. The number of pyridine rings is 1. The quantitative estimate of drug-likeness (QED) is 0.844. The number of nitrogens with one attached hydrogen (secondary N) is 1. The lowest BCUT2D eigenvalue weighted by Gasteiger charge is -2.19. The molecule has 0 aliphatic heterocycles. The molecule has 0 fully saturated rings. The fourth-order valence-electron chi connectivity index (χ4n) is 1.16. The van der Waals surface area contributed by atoms with Crippen LogP contribution >= 0.6 is 0 Å². The molecule has 1 aromatic heterocycles. The van der Waals surface area contributed by atoms with E-state index in [4.69, 9.17) is 10.5 Å². The lowest BCUT2D eigenvalue weighted by Crippen LogP contribution is -2.32. The highest BCUT2D eigenvalue weighted by atomic mass is 16.6. The molecule has 0 saturated carbocycles. The van der Waals surface area contributed by atoms with E-state index in [0.29, 0.717) is 0 Å². The smallest absolute Gasteiger partial charge is 0.407 e. The number of alkyl carbamates (subject to hydrolysis) is 1. The molecule has 18 heavy (non-hydrogen) atoms. The molecule has 1 heterocycles. The second-order valence-corrected chi connectivity index (χ2v) is 4.77. The van der Waals surface area contributed by atoms with Gasteiger partial charge >= 0.3 is 6.09 Å². The molecule has 0 aromatic carbocycles. The van der Waals surface area contributed by atoms with Crippen LogP contribution in [0, 0.1) is 0 Å². The molecule has 3 N–H and O–H groups in total. The number of hydrogen-bond donors (Lipinski definition) is 2. The van der Waals surface area contributed by atoms with Gasteiger partial charge in [-0.25, -0.2) is 4.79 Å². The first kappa shape index (κ1) is 14.0. The highest BCUT2D eigenvalue weighted by molar-refractivity contribution is 5.90. The summed E-state index contributed by atoms with van der Waals surface area (Å²) >= 11 is 0. The van der Waals surface area contributed by atoms with Crippen LogP contribution in [0.2, 0.25) is 0 Å². The minimum atomic E-state index is -0.582. The Morgan fingerprint density at radius 2 is 2.06 bits per heavy atom. The third-order valence-corrected chi connectivity index (χ3v) is 1.91. The van der Waals surface area contributed by atoms with Crippen LogP contribution in [0.5, 0.6) is 0 Å². The van der Waals surface area contributed by atoms with E-state index in [1.165, 1.54) is 12.3 Å². The Morgan fingerprint density at radius 3 is 2.50 bits per heavy atom. The fraction of sp³-hybridized carbons (Fsp3) is 0.417. The maximum atomic E-state index is 11.4. The molecule has 0 saturated heterocycles. The summed E-state index contributed by atoms with van der Waals surface area (Å²) in [5.74, 6) is -0.582. The number of nitrogens with two attached hydrogens (primary N) is 1. The zero-order valence-electron chi connectivity index (χ0n) is 10.7. The molecule has 1 aromatic rings. The highest BCUT2D eigenvalue weighted by Gasteiger charge is 2.15. The van der Waals surface area contributed by atoms with Crippen molar-refractivity contribution in [1.82, 2.24) is 10.3 Å². The van der Waals surface area contributed by atoms with Crippen LogP contribution in [0.25, 0.3) is 0 Å². The average molecular weight is 251 g/mol. The summed E-state index contributed by atoms with van der Waals surface area (Å²) in [5, 5.41) is 2.59. The van der Waals surface area contributed by atoms with Crippen LogP contribution in [-0.4, -0.2) is 22.6 Å². The Morgan fingerprint density at radius 1 is 1.39 bits per heavy atom. The molecule has 0 unspecified atom stereocenters. The summed E-state index contributed by atoms with van der Waals surface area (Å²) in [4.78, 5) is 26.0. The molecular formula is C12H17N3O3. The van der Waals surface area contributed by atoms with Crippen LogP contribution in [0.1, 0.15) is 36.8 Å². The minimum absolute atomic E-state index is 0.191. The normalized spacial score (nSPS) is 10.8. The number of nitrogens with zero attached hydrogens (tertiary/aromatic N) is 1. The van der Waals surface area contributed by atoms with Gasteiger partial charge in [0.1, 0.15) is 11.3 Å². The Kier molecular flexibility index (Phi) is 4.25. The SMILES string of the molecule is CC(C)(C)OC(=O)NCc1ccc(C(N)=O)nc1. The van der Waals surface area contributed by atoms with Gasteiger partial charge in [0.25, 0.3) is 5.91 Å². The average Bonchev–Trinajstić information content (AvgIpc) is 2.24. The number of rotatable bonds is 3. The predicted molar refractivity (Wildman–Crippen MR) is 65.8 cm³/mol. The van der Waals surface area contributed by atoms with Gasteiger partial charge in [-0.1, -0.05) is 6.07 Å². The van der Waals surface area contributed by atoms with Crippen LogP contribution in [0.3, 0.4) is 0 Å². The maximum absolute atomic E-state index is 11.4. The third kappa shape index (κ3) is 4.82. The molecule has 1 rings (SSSR count). The second kappa shape index (κ2) is 5.48. The summed E-state index contributed by atoms with van der Waals surface area (Å²) in [7, 11) is 0. The lowest BCUT2D eigenvalue weighted by molar-refractivity contribution is 0.0523. The van der Waals surface area contributed by atoms with Gasteiger partial charge in [-0.15, -0.1) is 0 Å². The number of aromatic nitrogens is 1. The summed E-state index contributed by atoms with van der Waals surface area (Å²) in [6.45, 7) is 5.64. The Bertz CT molecular complexity index is 435. The largest absolute Gasteiger partial charge is 0.444 e. The van der Waals surface area contributed by atoms with E-state index in [1.807, 2.05) is 0 Å². The number of hydrogen-bond acceptors (Lipinski definition) is 4. The molecule has 0 atom stereocenters. The summed E-state index contributed by atoms with van der Waals surface area (Å²) in [6, 6.07) is 3.18. The van der Waals surface area contributed by atoms with Crippen molar-refractivity contribution in [2.75, 3.05) is 0 Å². The topological polar surface area (TPSA) is 94.3 Å². The van der Waals surface area contributed by atoms with Crippen molar-refractivity contribution in [1.29, 1.82) is 0 Å². The van der Waals surface area contributed by atoms with E-state index >= 15 is 0 Å². The van der Waals surface area contributed by atoms with Crippen molar-refractivity contribution in [3.8, 4) is 0 Å². The van der Waals surface area contributed by atoms with E-state index < -0.39 is 17.6 Å².